The van der Waals surface area contributed by atoms with E-state index in [4.69, 9.17) is 21.4 Å². The molecule has 0 fully saturated rings. The van der Waals surface area contributed by atoms with E-state index in [0.29, 0.717) is 0 Å². The van der Waals surface area contributed by atoms with Crippen LogP contribution in [-0.4, -0.2) is 29.1 Å². The van der Waals surface area contributed by atoms with Crippen molar-refractivity contribution in [3.8, 4) is 12.1 Å². The smallest absolute Gasteiger partial charge is 0.337 e. The predicted octanol–water partition coefficient (Wildman–Crippen LogP) is 0.216. The second-order valence-electron chi connectivity index (χ2n) is 3.11. The van der Waals surface area contributed by atoms with E-state index >= 15 is 0 Å². The zero-order valence-corrected chi connectivity index (χ0v) is 8.79. The van der Waals surface area contributed by atoms with Crippen LogP contribution in [0.25, 0.3) is 0 Å². The van der Waals surface area contributed by atoms with E-state index in [1.807, 2.05) is 12.1 Å². The Morgan fingerprint density at radius 3 is 2.53 bits per heavy atom. The van der Waals surface area contributed by atoms with E-state index < -0.39 is 5.97 Å². The van der Waals surface area contributed by atoms with Gasteiger partial charge in [0.05, 0.1) is 29.6 Å². The van der Waals surface area contributed by atoms with Crippen LogP contribution in [0.1, 0.15) is 10.4 Å². The second-order valence-corrected chi connectivity index (χ2v) is 3.11. The van der Waals surface area contributed by atoms with Crippen molar-refractivity contribution in [1.29, 1.82) is 10.5 Å². The lowest BCUT2D eigenvalue weighted by atomic mass is 10.2. The number of rotatable bonds is 4. The van der Waals surface area contributed by atoms with Crippen molar-refractivity contribution >= 4 is 17.5 Å². The highest BCUT2D eigenvalue weighted by atomic mass is 16.4. The fourth-order valence-electron chi connectivity index (χ4n) is 1.20. The zero-order chi connectivity index (χ0) is 12.8. The Morgan fingerprint density at radius 2 is 2.06 bits per heavy atom. The third kappa shape index (κ3) is 2.83. The average Bonchev–Trinajstić information content (AvgIpc) is 2.29. The van der Waals surface area contributed by atoms with Gasteiger partial charge < -0.3 is 15.7 Å². The van der Waals surface area contributed by atoms with Gasteiger partial charge in [-0.2, -0.15) is 10.5 Å². The minimum atomic E-state index is -1.18. The molecule has 1 rings (SSSR count). The topological polar surface area (TPSA) is 127 Å². The van der Waals surface area contributed by atoms with Crippen LogP contribution < -0.4 is 10.6 Å². The van der Waals surface area contributed by atoms with Crippen molar-refractivity contribution in [3.63, 3.8) is 0 Å². The molecule has 1 aromatic rings. The van der Waals surface area contributed by atoms with Crippen molar-refractivity contribution in [2.75, 3.05) is 23.7 Å². The number of carbonyl (C=O) groups is 1. The summed E-state index contributed by atoms with van der Waals surface area (Å²) in [6.45, 7) is -0.104. The van der Waals surface area contributed by atoms with Crippen molar-refractivity contribution in [1.82, 2.24) is 4.98 Å². The third-order valence-corrected chi connectivity index (χ3v) is 2.00. The molecular formula is C10H9N5O2. The summed E-state index contributed by atoms with van der Waals surface area (Å²) in [6.07, 6.45) is 1.19. The summed E-state index contributed by atoms with van der Waals surface area (Å²) >= 11 is 0. The molecule has 0 aliphatic rings. The molecule has 0 amide bonds. The highest BCUT2D eigenvalue weighted by Crippen LogP contribution is 2.17. The monoisotopic (exact) mass is 231 g/mol. The Bertz CT molecular complexity index is 498. The minimum absolute atomic E-state index is 0.0371. The first-order valence-corrected chi connectivity index (χ1v) is 4.57. The van der Waals surface area contributed by atoms with Crippen LogP contribution in [0.5, 0.6) is 0 Å². The maximum Gasteiger partial charge on any atom is 0.337 e. The Labute approximate surface area is 97.3 Å². The van der Waals surface area contributed by atoms with Gasteiger partial charge in [0.25, 0.3) is 0 Å². The van der Waals surface area contributed by atoms with E-state index in [0.717, 1.165) is 0 Å². The lowest BCUT2D eigenvalue weighted by Gasteiger charge is -2.17. The number of hydrogen-bond donors (Lipinski definition) is 2. The normalized spacial score (nSPS) is 9.06. The molecule has 0 atom stereocenters. The van der Waals surface area contributed by atoms with E-state index in [-0.39, 0.29) is 30.2 Å². The molecule has 0 saturated carbocycles. The summed E-state index contributed by atoms with van der Waals surface area (Å²) in [5, 5.41) is 26.1. The summed E-state index contributed by atoms with van der Waals surface area (Å²) < 4.78 is 0. The Kier molecular flexibility index (Phi) is 3.85. The number of nitrogens with two attached hydrogens (primary N) is 1. The van der Waals surface area contributed by atoms with E-state index in [1.165, 1.54) is 17.2 Å². The van der Waals surface area contributed by atoms with E-state index in [1.54, 1.807) is 0 Å². The Balaban J connectivity index is 3.13. The predicted molar refractivity (Wildman–Crippen MR) is 59.0 cm³/mol. The van der Waals surface area contributed by atoms with Gasteiger partial charge in [-0.1, -0.05) is 0 Å². The largest absolute Gasteiger partial charge is 0.478 e. The quantitative estimate of drug-likeness (QED) is 0.709. The molecule has 17 heavy (non-hydrogen) atoms. The fourth-order valence-corrected chi connectivity index (χ4v) is 1.20. The molecule has 1 heterocycles. The molecule has 0 aliphatic carbocycles. The first kappa shape index (κ1) is 12.3. The summed E-state index contributed by atoms with van der Waals surface area (Å²) in [5.74, 6) is -0.945. The molecule has 86 valence electrons. The molecule has 1 aromatic heterocycles. The van der Waals surface area contributed by atoms with Crippen molar-refractivity contribution in [3.05, 3.63) is 17.8 Å². The molecule has 3 N–H and O–H groups in total. The number of carboxylic acid groups (broad SMARTS) is 1. The van der Waals surface area contributed by atoms with Crippen LogP contribution in [0.2, 0.25) is 0 Å². The highest BCUT2D eigenvalue weighted by Gasteiger charge is 2.13. The van der Waals surface area contributed by atoms with Crippen LogP contribution in [0, 0.1) is 22.7 Å². The number of nitrogens with zero attached hydrogens (tertiary/aromatic N) is 4. The number of nitrogen functional groups attached to an aromatic ring is 1. The van der Waals surface area contributed by atoms with Crippen molar-refractivity contribution < 1.29 is 9.90 Å². The number of aromatic carboxylic acids is 1. The number of nitriles is 2. The van der Waals surface area contributed by atoms with Gasteiger partial charge in [0, 0.05) is 0 Å². The van der Waals surface area contributed by atoms with E-state index in [2.05, 4.69) is 4.98 Å². The molecule has 0 aliphatic heterocycles. The molecular weight excluding hydrogens is 222 g/mol. The molecule has 0 unspecified atom stereocenters. The molecule has 0 radical (unpaired) electrons. The lowest BCUT2D eigenvalue weighted by molar-refractivity contribution is 0.0698. The first-order chi connectivity index (χ1) is 8.10. The Morgan fingerprint density at radius 1 is 1.47 bits per heavy atom. The molecule has 0 spiro atoms. The van der Waals surface area contributed by atoms with E-state index in [9.17, 15) is 4.79 Å². The van der Waals surface area contributed by atoms with Gasteiger partial charge in [0.2, 0.25) is 0 Å². The van der Waals surface area contributed by atoms with Gasteiger partial charge in [0.1, 0.15) is 18.9 Å². The Hall–Kier alpha value is -2.80. The van der Waals surface area contributed by atoms with Crippen molar-refractivity contribution in [2.45, 2.75) is 0 Å². The fraction of sp³-hybridized carbons (Fsp3) is 0.200. The number of pyridine rings is 1. The van der Waals surface area contributed by atoms with Crippen LogP contribution in [0.4, 0.5) is 11.5 Å². The third-order valence-electron chi connectivity index (χ3n) is 2.00. The van der Waals surface area contributed by atoms with Crippen LogP contribution in [0.15, 0.2) is 12.3 Å². The van der Waals surface area contributed by atoms with Gasteiger partial charge >= 0.3 is 5.97 Å². The molecule has 0 aromatic carbocycles. The van der Waals surface area contributed by atoms with Gasteiger partial charge in [-0.25, -0.2) is 9.78 Å². The molecule has 7 nitrogen and oxygen atoms in total. The highest BCUT2D eigenvalue weighted by molar-refractivity contribution is 5.94. The lowest BCUT2D eigenvalue weighted by Crippen LogP contribution is -2.25. The summed E-state index contributed by atoms with van der Waals surface area (Å²) in [7, 11) is 0. The maximum atomic E-state index is 10.9. The van der Waals surface area contributed by atoms with Crippen LogP contribution in [0.3, 0.4) is 0 Å². The van der Waals surface area contributed by atoms with Gasteiger partial charge in [0.15, 0.2) is 0 Å². The second kappa shape index (κ2) is 5.33. The standard InChI is InChI=1S/C10H9N5O2/c11-1-3-15(4-2-12)9-5-7(10(16)17)8(13)6-14-9/h5-6H,3-4,13H2,(H,16,17). The minimum Gasteiger partial charge on any atom is -0.478 e. The summed E-state index contributed by atoms with van der Waals surface area (Å²) in [6, 6.07) is 4.98. The molecule has 0 bridgehead atoms. The average molecular weight is 231 g/mol. The summed E-state index contributed by atoms with van der Waals surface area (Å²) in [4.78, 5) is 16.1. The molecule has 0 saturated heterocycles. The SMILES string of the molecule is N#CCN(CC#N)c1cc(C(=O)O)c(N)cn1. The number of hydrogen-bond acceptors (Lipinski definition) is 6. The summed E-state index contributed by atoms with van der Waals surface area (Å²) in [5.41, 5.74) is 5.38. The number of carboxylic acids is 1. The van der Waals surface area contributed by atoms with Gasteiger partial charge in [-0.05, 0) is 6.07 Å². The first-order valence-electron chi connectivity index (χ1n) is 4.57. The van der Waals surface area contributed by atoms with Gasteiger partial charge in [-0.15, -0.1) is 0 Å². The molecule has 7 heteroatoms. The maximum absolute atomic E-state index is 10.9. The number of anilines is 2. The van der Waals surface area contributed by atoms with Crippen LogP contribution in [-0.2, 0) is 0 Å². The van der Waals surface area contributed by atoms with Crippen molar-refractivity contribution in [2.24, 2.45) is 0 Å². The number of aromatic nitrogens is 1. The zero-order valence-electron chi connectivity index (χ0n) is 8.79. The van der Waals surface area contributed by atoms with Gasteiger partial charge in [-0.3, -0.25) is 0 Å². The van der Waals surface area contributed by atoms with Crippen LogP contribution >= 0.6 is 0 Å².